The summed E-state index contributed by atoms with van der Waals surface area (Å²) in [5.74, 6) is 0.409. The first-order valence-electron chi connectivity index (χ1n) is 6.57. The first kappa shape index (κ1) is 10.8. The summed E-state index contributed by atoms with van der Waals surface area (Å²) >= 11 is 0. The van der Waals surface area contributed by atoms with Crippen molar-refractivity contribution < 1.29 is 9.53 Å². The Morgan fingerprint density at radius 2 is 1.94 bits per heavy atom. The molecule has 1 aliphatic heterocycles. The maximum atomic E-state index is 11.8. The Bertz CT molecular complexity index is 444. The highest BCUT2D eigenvalue weighted by Crippen LogP contribution is 2.42. The van der Waals surface area contributed by atoms with E-state index in [1.807, 2.05) is 12.1 Å². The molecule has 0 amide bonds. The van der Waals surface area contributed by atoms with Crippen LogP contribution in [0.2, 0.25) is 0 Å². The highest BCUT2D eigenvalue weighted by atomic mass is 16.5. The first-order valence-corrected chi connectivity index (χ1v) is 6.57. The normalized spacial score (nSPS) is 24.5. The number of carbonyl (C=O) groups excluding carboxylic acids is 1. The Morgan fingerprint density at radius 1 is 1.18 bits per heavy atom. The molecule has 2 nitrogen and oxygen atoms in total. The zero-order chi connectivity index (χ0) is 11.8. The van der Waals surface area contributed by atoms with Crippen molar-refractivity contribution >= 4 is 5.97 Å². The molecular formula is C15H18O2. The zero-order valence-electron chi connectivity index (χ0n) is 10.2. The molecule has 1 aliphatic carbocycles. The molecule has 1 atom stereocenters. The van der Waals surface area contributed by atoms with Crippen molar-refractivity contribution in [3.63, 3.8) is 0 Å². The van der Waals surface area contributed by atoms with Crippen LogP contribution in [0, 0.1) is 12.8 Å². The van der Waals surface area contributed by atoms with Gasteiger partial charge in [0.25, 0.3) is 0 Å². The molecule has 1 fully saturated rings. The minimum atomic E-state index is -0.129. The van der Waals surface area contributed by atoms with E-state index in [2.05, 4.69) is 13.0 Å². The molecule has 1 aromatic carbocycles. The SMILES string of the molecule is Cc1ccc2c(c1)C(C1CCCCC1)OC2=O. The molecule has 1 heterocycles. The molecule has 0 spiro atoms. The van der Waals surface area contributed by atoms with Gasteiger partial charge in [-0.1, -0.05) is 37.0 Å². The lowest BCUT2D eigenvalue weighted by Gasteiger charge is -2.26. The van der Waals surface area contributed by atoms with Gasteiger partial charge in [0.1, 0.15) is 6.10 Å². The monoisotopic (exact) mass is 230 g/mol. The fourth-order valence-corrected chi connectivity index (χ4v) is 3.13. The number of hydrogen-bond donors (Lipinski definition) is 0. The van der Waals surface area contributed by atoms with Gasteiger partial charge in [-0.3, -0.25) is 0 Å². The first-order chi connectivity index (χ1) is 8.25. The number of aryl methyl sites for hydroxylation is 1. The van der Waals surface area contributed by atoms with Crippen LogP contribution in [0.15, 0.2) is 18.2 Å². The van der Waals surface area contributed by atoms with Crippen molar-refractivity contribution in [1.82, 2.24) is 0 Å². The average molecular weight is 230 g/mol. The van der Waals surface area contributed by atoms with Crippen LogP contribution in [-0.2, 0) is 4.74 Å². The van der Waals surface area contributed by atoms with Gasteiger partial charge in [-0.05, 0) is 25.8 Å². The smallest absolute Gasteiger partial charge is 0.339 e. The molecule has 1 unspecified atom stereocenters. The van der Waals surface area contributed by atoms with Gasteiger partial charge >= 0.3 is 5.97 Å². The second-order valence-corrected chi connectivity index (χ2v) is 5.31. The molecule has 2 heteroatoms. The van der Waals surface area contributed by atoms with E-state index in [1.165, 1.54) is 37.7 Å². The van der Waals surface area contributed by atoms with E-state index in [0.717, 1.165) is 11.1 Å². The van der Waals surface area contributed by atoms with Crippen molar-refractivity contribution in [3.8, 4) is 0 Å². The molecular weight excluding hydrogens is 212 g/mol. The average Bonchev–Trinajstić information content (AvgIpc) is 2.67. The molecule has 0 bridgehead atoms. The molecule has 17 heavy (non-hydrogen) atoms. The predicted molar refractivity (Wildman–Crippen MR) is 65.9 cm³/mol. The second kappa shape index (κ2) is 4.17. The second-order valence-electron chi connectivity index (χ2n) is 5.31. The van der Waals surface area contributed by atoms with Crippen LogP contribution < -0.4 is 0 Å². The Labute approximate surface area is 102 Å². The highest BCUT2D eigenvalue weighted by molar-refractivity contribution is 5.94. The van der Waals surface area contributed by atoms with E-state index in [-0.39, 0.29) is 12.1 Å². The number of ether oxygens (including phenoxy) is 1. The van der Waals surface area contributed by atoms with Gasteiger partial charge in [0.15, 0.2) is 0 Å². The van der Waals surface area contributed by atoms with E-state index in [9.17, 15) is 4.79 Å². The highest BCUT2D eigenvalue weighted by Gasteiger charge is 2.36. The Hall–Kier alpha value is -1.31. The van der Waals surface area contributed by atoms with Crippen molar-refractivity contribution in [2.75, 3.05) is 0 Å². The standard InChI is InChI=1S/C15H18O2/c1-10-7-8-12-13(9-10)14(17-15(12)16)11-5-3-2-4-6-11/h7-9,11,14H,2-6H2,1H3. The van der Waals surface area contributed by atoms with Crippen LogP contribution >= 0.6 is 0 Å². The summed E-state index contributed by atoms with van der Waals surface area (Å²) < 4.78 is 5.59. The molecule has 0 N–H and O–H groups in total. The fraction of sp³-hybridized carbons (Fsp3) is 0.533. The maximum absolute atomic E-state index is 11.8. The van der Waals surface area contributed by atoms with Crippen LogP contribution in [-0.4, -0.2) is 5.97 Å². The fourth-order valence-electron chi connectivity index (χ4n) is 3.13. The van der Waals surface area contributed by atoms with Gasteiger partial charge in [-0.25, -0.2) is 4.79 Å². The minimum Gasteiger partial charge on any atom is -0.454 e. The Kier molecular flexibility index (Phi) is 2.65. The summed E-state index contributed by atoms with van der Waals surface area (Å²) in [6.07, 6.45) is 6.31. The molecule has 90 valence electrons. The summed E-state index contributed by atoms with van der Waals surface area (Å²) in [6.45, 7) is 2.07. The third kappa shape index (κ3) is 1.86. The molecule has 1 aromatic rings. The van der Waals surface area contributed by atoms with Crippen molar-refractivity contribution in [2.45, 2.75) is 45.1 Å². The summed E-state index contributed by atoms with van der Waals surface area (Å²) in [6, 6.07) is 6.03. The summed E-state index contributed by atoms with van der Waals surface area (Å²) in [4.78, 5) is 11.8. The number of hydrogen-bond acceptors (Lipinski definition) is 2. The van der Waals surface area contributed by atoms with Crippen molar-refractivity contribution in [3.05, 3.63) is 34.9 Å². The van der Waals surface area contributed by atoms with Crippen LogP contribution in [0.1, 0.15) is 59.7 Å². The summed E-state index contributed by atoms with van der Waals surface area (Å²) in [5.41, 5.74) is 3.12. The van der Waals surface area contributed by atoms with E-state index in [0.29, 0.717) is 5.92 Å². The molecule has 3 rings (SSSR count). The number of fused-ring (bicyclic) bond motifs is 1. The molecule has 0 aromatic heterocycles. The van der Waals surface area contributed by atoms with E-state index < -0.39 is 0 Å². The van der Waals surface area contributed by atoms with Gasteiger partial charge in [-0.15, -0.1) is 0 Å². The number of carbonyl (C=O) groups is 1. The van der Waals surface area contributed by atoms with Crippen LogP contribution in [0.3, 0.4) is 0 Å². The number of rotatable bonds is 1. The molecule has 0 radical (unpaired) electrons. The summed E-state index contributed by atoms with van der Waals surface area (Å²) in [5, 5.41) is 0. The van der Waals surface area contributed by atoms with Crippen LogP contribution in [0.25, 0.3) is 0 Å². The van der Waals surface area contributed by atoms with Gasteiger partial charge in [0.2, 0.25) is 0 Å². The van der Waals surface area contributed by atoms with Crippen molar-refractivity contribution in [1.29, 1.82) is 0 Å². The zero-order valence-corrected chi connectivity index (χ0v) is 10.2. The lowest BCUT2D eigenvalue weighted by Crippen LogP contribution is -2.16. The lowest BCUT2D eigenvalue weighted by atomic mass is 9.82. The predicted octanol–water partition coefficient (Wildman–Crippen LogP) is 3.79. The lowest BCUT2D eigenvalue weighted by molar-refractivity contribution is 0.0177. The molecule has 1 saturated carbocycles. The van der Waals surface area contributed by atoms with Crippen LogP contribution in [0.5, 0.6) is 0 Å². The molecule has 2 aliphatic rings. The van der Waals surface area contributed by atoms with E-state index in [1.54, 1.807) is 0 Å². The minimum absolute atomic E-state index is 0.0256. The van der Waals surface area contributed by atoms with Gasteiger partial charge in [-0.2, -0.15) is 0 Å². The van der Waals surface area contributed by atoms with E-state index in [4.69, 9.17) is 4.74 Å². The molecule has 0 saturated heterocycles. The number of benzene rings is 1. The van der Waals surface area contributed by atoms with Crippen molar-refractivity contribution in [2.24, 2.45) is 5.92 Å². The Balaban J connectivity index is 1.94. The topological polar surface area (TPSA) is 26.3 Å². The Morgan fingerprint density at radius 3 is 2.71 bits per heavy atom. The number of cyclic esters (lactones) is 1. The largest absolute Gasteiger partial charge is 0.454 e. The maximum Gasteiger partial charge on any atom is 0.339 e. The quantitative estimate of drug-likeness (QED) is 0.686. The van der Waals surface area contributed by atoms with Gasteiger partial charge in [0, 0.05) is 11.5 Å². The van der Waals surface area contributed by atoms with Crippen LogP contribution in [0.4, 0.5) is 0 Å². The third-order valence-electron chi connectivity index (χ3n) is 4.05. The summed E-state index contributed by atoms with van der Waals surface area (Å²) in [7, 11) is 0. The third-order valence-corrected chi connectivity index (χ3v) is 4.05. The van der Waals surface area contributed by atoms with E-state index >= 15 is 0 Å². The van der Waals surface area contributed by atoms with Gasteiger partial charge in [0.05, 0.1) is 5.56 Å². The van der Waals surface area contributed by atoms with Gasteiger partial charge < -0.3 is 4.74 Å². The number of esters is 1.